The van der Waals surface area contributed by atoms with Gasteiger partial charge in [0.25, 0.3) is 0 Å². The van der Waals surface area contributed by atoms with Crippen LogP contribution in [0.3, 0.4) is 0 Å². The highest BCUT2D eigenvalue weighted by atomic mass is 35.5. The first-order valence-corrected chi connectivity index (χ1v) is 9.11. The molecular weight excluding hydrogens is 326 g/mol. The van der Waals surface area contributed by atoms with Crippen LogP contribution in [0, 0.1) is 5.92 Å². The molecule has 2 N–H and O–H groups in total. The number of anilines is 1. The number of carbonyl (C=O) groups excluding carboxylic acids is 2. The van der Waals surface area contributed by atoms with Gasteiger partial charge in [0, 0.05) is 35.8 Å². The van der Waals surface area contributed by atoms with E-state index in [1.807, 2.05) is 0 Å². The fourth-order valence-corrected chi connectivity index (χ4v) is 3.60. The van der Waals surface area contributed by atoms with Gasteiger partial charge in [0.15, 0.2) is 0 Å². The van der Waals surface area contributed by atoms with Gasteiger partial charge < -0.3 is 15.5 Å². The second kappa shape index (κ2) is 7.88. The lowest BCUT2D eigenvalue weighted by Gasteiger charge is -2.32. The first kappa shape index (κ1) is 17.1. The monoisotopic (exact) mass is 349 g/mol. The predicted octanol–water partition coefficient (Wildman–Crippen LogP) is 3.64. The average molecular weight is 350 g/mol. The highest BCUT2D eigenvalue weighted by molar-refractivity contribution is 6.30. The molecule has 0 radical (unpaired) electrons. The van der Waals surface area contributed by atoms with Crippen LogP contribution >= 0.6 is 11.6 Å². The summed E-state index contributed by atoms with van der Waals surface area (Å²) in [5.41, 5.74) is 0.737. The normalized spacial score (nSPS) is 19.3. The zero-order valence-corrected chi connectivity index (χ0v) is 14.5. The molecule has 2 aliphatic rings. The molecule has 3 amide bonds. The van der Waals surface area contributed by atoms with Crippen molar-refractivity contribution in [2.75, 3.05) is 18.4 Å². The van der Waals surface area contributed by atoms with E-state index in [0.29, 0.717) is 18.1 Å². The van der Waals surface area contributed by atoms with E-state index in [9.17, 15) is 9.59 Å². The fraction of sp³-hybridized carbons (Fsp3) is 0.556. The molecule has 130 valence electrons. The highest BCUT2D eigenvalue weighted by Gasteiger charge is 2.27. The molecule has 1 saturated carbocycles. The van der Waals surface area contributed by atoms with Gasteiger partial charge in [-0.05, 0) is 49.9 Å². The van der Waals surface area contributed by atoms with Gasteiger partial charge in [-0.2, -0.15) is 0 Å². The number of nitrogens with one attached hydrogen (secondary N) is 2. The maximum atomic E-state index is 12.3. The molecule has 0 spiro atoms. The summed E-state index contributed by atoms with van der Waals surface area (Å²) in [5.74, 6) is 0.410. The second-order valence-electron chi connectivity index (χ2n) is 6.69. The van der Waals surface area contributed by atoms with E-state index in [4.69, 9.17) is 11.6 Å². The molecular formula is C18H24ClN3O2. The van der Waals surface area contributed by atoms with Gasteiger partial charge in [0.05, 0.1) is 0 Å². The molecule has 5 nitrogen and oxygen atoms in total. The van der Waals surface area contributed by atoms with Crippen LogP contribution in [0.2, 0.25) is 5.02 Å². The van der Waals surface area contributed by atoms with Crippen molar-refractivity contribution in [2.45, 2.75) is 44.6 Å². The lowest BCUT2D eigenvalue weighted by molar-refractivity contribution is -0.125. The van der Waals surface area contributed by atoms with Gasteiger partial charge in [-0.25, -0.2) is 4.79 Å². The van der Waals surface area contributed by atoms with E-state index < -0.39 is 0 Å². The Labute approximate surface area is 147 Å². The lowest BCUT2D eigenvalue weighted by atomic mass is 10.0. The summed E-state index contributed by atoms with van der Waals surface area (Å²) < 4.78 is 0. The van der Waals surface area contributed by atoms with Crippen LogP contribution in [-0.2, 0) is 4.79 Å². The van der Waals surface area contributed by atoms with Gasteiger partial charge in [0.2, 0.25) is 5.91 Å². The number of carbonyl (C=O) groups is 2. The second-order valence-corrected chi connectivity index (χ2v) is 7.12. The van der Waals surface area contributed by atoms with Crippen molar-refractivity contribution in [3.63, 3.8) is 0 Å². The molecule has 1 heterocycles. The van der Waals surface area contributed by atoms with Gasteiger partial charge in [0.1, 0.15) is 0 Å². The summed E-state index contributed by atoms with van der Waals surface area (Å²) in [6.07, 6.45) is 6.00. The minimum atomic E-state index is -0.0992. The van der Waals surface area contributed by atoms with Crippen LogP contribution in [0.5, 0.6) is 0 Å². The Morgan fingerprint density at radius 3 is 2.25 bits per heavy atom. The molecule has 24 heavy (non-hydrogen) atoms. The molecule has 0 unspecified atom stereocenters. The molecule has 0 bridgehead atoms. The molecule has 1 aliphatic carbocycles. The Morgan fingerprint density at radius 2 is 1.62 bits per heavy atom. The van der Waals surface area contributed by atoms with Crippen LogP contribution in [0.4, 0.5) is 10.5 Å². The topological polar surface area (TPSA) is 61.4 Å². The zero-order valence-electron chi connectivity index (χ0n) is 13.8. The summed E-state index contributed by atoms with van der Waals surface area (Å²) >= 11 is 5.84. The summed E-state index contributed by atoms with van der Waals surface area (Å²) in [4.78, 5) is 26.3. The molecule has 1 aromatic rings. The van der Waals surface area contributed by atoms with E-state index in [1.165, 1.54) is 12.8 Å². The Hall–Kier alpha value is -1.75. The molecule has 0 atom stereocenters. The third kappa shape index (κ3) is 4.41. The third-order valence-corrected chi connectivity index (χ3v) is 5.20. The number of hydrogen-bond donors (Lipinski definition) is 2. The van der Waals surface area contributed by atoms with Crippen molar-refractivity contribution < 1.29 is 9.59 Å². The van der Waals surface area contributed by atoms with Gasteiger partial charge in [-0.1, -0.05) is 24.4 Å². The van der Waals surface area contributed by atoms with Crippen LogP contribution in [0.25, 0.3) is 0 Å². The van der Waals surface area contributed by atoms with Crippen molar-refractivity contribution in [3.05, 3.63) is 29.3 Å². The number of nitrogens with zero attached hydrogens (tertiary/aromatic N) is 1. The SMILES string of the molecule is O=C(NC1CCN(C(=O)Nc2ccc(Cl)cc2)CC1)C1CCCC1. The van der Waals surface area contributed by atoms with Crippen molar-refractivity contribution in [2.24, 2.45) is 5.92 Å². The molecule has 1 aromatic carbocycles. The highest BCUT2D eigenvalue weighted by Crippen LogP contribution is 2.25. The largest absolute Gasteiger partial charge is 0.353 e. The quantitative estimate of drug-likeness (QED) is 0.875. The van der Waals surface area contributed by atoms with Crippen molar-refractivity contribution in [3.8, 4) is 0 Å². The number of hydrogen-bond acceptors (Lipinski definition) is 2. The number of rotatable bonds is 3. The van der Waals surface area contributed by atoms with Crippen LogP contribution < -0.4 is 10.6 Å². The first-order valence-electron chi connectivity index (χ1n) is 8.74. The predicted molar refractivity (Wildman–Crippen MR) is 95.2 cm³/mol. The number of amides is 3. The Balaban J connectivity index is 1.43. The zero-order chi connectivity index (χ0) is 16.9. The summed E-state index contributed by atoms with van der Waals surface area (Å²) in [7, 11) is 0. The number of piperidine rings is 1. The Morgan fingerprint density at radius 1 is 1.00 bits per heavy atom. The minimum Gasteiger partial charge on any atom is -0.353 e. The molecule has 1 saturated heterocycles. The number of benzene rings is 1. The van der Waals surface area contributed by atoms with Crippen LogP contribution in [0.1, 0.15) is 38.5 Å². The maximum Gasteiger partial charge on any atom is 0.321 e. The van der Waals surface area contributed by atoms with Crippen molar-refractivity contribution >= 4 is 29.2 Å². The molecule has 6 heteroatoms. The summed E-state index contributed by atoms with van der Waals surface area (Å²) in [6, 6.07) is 7.17. The van der Waals surface area contributed by atoms with Gasteiger partial charge in [-0.15, -0.1) is 0 Å². The van der Waals surface area contributed by atoms with Crippen LogP contribution in [0.15, 0.2) is 24.3 Å². The average Bonchev–Trinajstić information content (AvgIpc) is 3.12. The maximum absolute atomic E-state index is 12.3. The Bertz CT molecular complexity index is 576. The standard InChI is InChI=1S/C18H24ClN3O2/c19-14-5-7-15(8-6-14)21-18(24)22-11-9-16(10-12-22)20-17(23)13-3-1-2-4-13/h5-8,13,16H,1-4,9-12H2,(H,20,23)(H,21,24). The number of urea groups is 1. The molecule has 2 fully saturated rings. The first-order chi connectivity index (χ1) is 11.6. The lowest BCUT2D eigenvalue weighted by Crippen LogP contribution is -2.48. The van der Waals surface area contributed by atoms with Crippen molar-refractivity contribution in [1.29, 1.82) is 0 Å². The minimum absolute atomic E-state index is 0.0992. The van der Waals surface area contributed by atoms with E-state index in [0.717, 1.165) is 31.4 Å². The summed E-state index contributed by atoms with van der Waals surface area (Å²) in [5, 5.41) is 6.69. The summed E-state index contributed by atoms with van der Waals surface area (Å²) in [6.45, 7) is 1.32. The van der Waals surface area contributed by atoms with Gasteiger partial charge in [-0.3, -0.25) is 4.79 Å². The van der Waals surface area contributed by atoms with Gasteiger partial charge >= 0.3 is 6.03 Å². The van der Waals surface area contributed by atoms with E-state index in [2.05, 4.69) is 10.6 Å². The van der Waals surface area contributed by atoms with E-state index in [1.54, 1.807) is 29.2 Å². The number of likely N-dealkylation sites (tertiary alicyclic amines) is 1. The van der Waals surface area contributed by atoms with Crippen LogP contribution in [-0.4, -0.2) is 36.0 Å². The third-order valence-electron chi connectivity index (χ3n) is 4.95. The van der Waals surface area contributed by atoms with E-state index in [-0.39, 0.29) is 23.9 Å². The molecule has 3 rings (SSSR count). The molecule has 1 aliphatic heterocycles. The van der Waals surface area contributed by atoms with Crippen molar-refractivity contribution in [1.82, 2.24) is 10.2 Å². The smallest absolute Gasteiger partial charge is 0.321 e. The van der Waals surface area contributed by atoms with E-state index >= 15 is 0 Å². The molecule has 0 aromatic heterocycles. The Kier molecular flexibility index (Phi) is 5.61. The fourth-order valence-electron chi connectivity index (χ4n) is 3.47. The number of halogens is 1.